The summed E-state index contributed by atoms with van der Waals surface area (Å²) in [5.74, 6) is 0.149. The Bertz CT molecular complexity index is 615. The topological polar surface area (TPSA) is 110 Å². The fraction of sp³-hybridized carbons (Fsp3) is 0.308. The molecule has 2 N–H and O–H groups in total. The van der Waals surface area contributed by atoms with Crippen LogP contribution in [0.25, 0.3) is 0 Å². The molecule has 1 aromatic heterocycles. The largest absolute Gasteiger partial charge is 0.465 e. The van der Waals surface area contributed by atoms with Gasteiger partial charge in [-0.3, -0.25) is 4.79 Å². The summed E-state index contributed by atoms with van der Waals surface area (Å²) in [6.45, 7) is 0.412. The summed E-state index contributed by atoms with van der Waals surface area (Å²) in [6.07, 6.45) is 0.367. The Balaban J connectivity index is 1.70. The van der Waals surface area contributed by atoms with Crippen molar-refractivity contribution in [3.63, 3.8) is 0 Å². The van der Waals surface area contributed by atoms with Crippen molar-refractivity contribution in [3.8, 4) is 0 Å². The summed E-state index contributed by atoms with van der Waals surface area (Å²) in [5.41, 5.74) is 1.39. The lowest BCUT2D eigenvalue weighted by molar-refractivity contribution is -0.120. The summed E-state index contributed by atoms with van der Waals surface area (Å²) in [4.78, 5) is 23.0. The number of hydrogen-bond donors (Lipinski definition) is 2. The number of methoxy groups -OCH3 is 1. The Labute approximate surface area is 131 Å². The van der Waals surface area contributed by atoms with Gasteiger partial charge >= 0.3 is 5.97 Å². The first-order chi connectivity index (χ1) is 10.7. The number of aromatic amines is 1. The smallest absolute Gasteiger partial charge is 0.337 e. The monoisotopic (exact) mass is 321 g/mol. The number of H-pyrrole nitrogens is 1. The van der Waals surface area contributed by atoms with E-state index in [1.165, 1.54) is 18.9 Å². The average Bonchev–Trinajstić information content (AvgIpc) is 3.06. The highest BCUT2D eigenvalue weighted by molar-refractivity contribution is 7.99. The number of carbonyl (C=O) groups is 2. The Morgan fingerprint density at radius 1 is 1.32 bits per heavy atom. The van der Waals surface area contributed by atoms with Gasteiger partial charge in [0, 0.05) is 18.7 Å². The zero-order valence-electron chi connectivity index (χ0n) is 11.9. The molecule has 2 aromatic rings. The Hall–Kier alpha value is -2.42. The number of carbonyl (C=O) groups excluding carboxylic acids is 2. The van der Waals surface area contributed by atoms with Gasteiger partial charge in [0.1, 0.15) is 0 Å². The van der Waals surface area contributed by atoms with Crippen molar-refractivity contribution in [3.05, 3.63) is 35.4 Å². The third-order valence-electron chi connectivity index (χ3n) is 2.76. The van der Waals surface area contributed by atoms with Crippen molar-refractivity contribution < 1.29 is 14.3 Å². The lowest BCUT2D eigenvalue weighted by Crippen LogP contribution is -2.23. The minimum atomic E-state index is -0.380. The predicted molar refractivity (Wildman–Crippen MR) is 79.1 cm³/mol. The zero-order valence-corrected chi connectivity index (χ0v) is 12.7. The van der Waals surface area contributed by atoms with E-state index < -0.39 is 0 Å². The minimum Gasteiger partial charge on any atom is -0.465 e. The SMILES string of the molecule is COC(=O)c1ccc(CNC(=O)CCSc2nnn[nH]2)cc1. The first-order valence-corrected chi connectivity index (χ1v) is 7.48. The number of tetrazole rings is 1. The first kappa shape index (κ1) is 16.0. The maximum atomic E-state index is 11.7. The van der Waals surface area contributed by atoms with Crippen LogP contribution >= 0.6 is 11.8 Å². The van der Waals surface area contributed by atoms with Crippen molar-refractivity contribution in [1.82, 2.24) is 25.9 Å². The van der Waals surface area contributed by atoms with Crippen LogP contribution in [0, 0.1) is 0 Å². The van der Waals surface area contributed by atoms with Crippen molar-refractivity contribution in [2.45, 2.75) is 18.1 Å². The van der Waals surface area contributed by atoms with Gasteiger partial charge in [-0.2, -0.15) is 0 Å². The molecule has 0 saturated carbocycles. The molecule has 0 spiro atoms. The van der Waals surface area contributed by atoms with Gasteiger partial charge in [-0.15, -0.1) is 5.10 Å². The summed E-state index contributed by atoms with van der Waals surface area (Å²) in [5, 5.41) is 16.6. The van der Waals surface area contributed by atoms with Gasteiger partial charge in [-0.25, -0.2) is 9.89 Å². The zero-order chi connectivity index (χ0) is 15.8. The van der Waals surface area contributed by atoms with Crippen molar-refractivity contribution in [2.75, 3.05) is 12.9 Å². The predicted octanol–water partition coefficient (Wildman–Crippen LogP) is 0.785. The van der Waals surface area contributed by atoms with Crippen molar-refractivity contribution >= 4 is 23.6 Å². The number of nitrogens with one attached hydrogen (secondary N) is 2. The van der Waals surface area contributed by atoms with E-state index in [1.54, 1.807) is 24.3 Å². The van der Waals surface area contributed by atoms with Crippen LogP contribution in [0.3, 0.4) is 0 Å². The van der Waals surface area contributed by atoms with Crippen LogP contribution in [-0.2, 0) is 16.1 Å². The molecule has 0 saturated heterocycles. The summed E-state index contributed by atoms with van der Waals surface area (Å²) in [6, 6.07) is 6.89. The van der Waals surface area contributed by atoms with Crippen LogP contribution in [0.4, 0.5) is 0 Å². The third kappa shape index (κ3) is 4.85. The molecule has 116 valence electrons. The van der Waals surface area contributed by atoms with Gasteiger partial charge in [0.2, 0.25) is 11.1 Å². The van der Waals surface area contributed by atoms with E-state index in [9.17, 15) is 9.59 Å². The highest BCUT2D eigenvalue weighted by atomic mass is 32.2. The fourth-order valence-electron chi connectivity index (χ4n) is 1.62. The standard InChI is InChI=1S/C13H15N5O3S/c1-21-12(20)10-4-2-9(3-5-10)8-14-11(19)6-7-22-13-15-17-18-16-13/h2-5H,6-8H2,1H3,(H,14,19)(H,15,16,17,18). The number of rotatable bonds is 7. The molecule has 1 aromatic carbocycles. The minimum absolute atomic E-state index is 0.0583. The molecular formula is C13H15N5O3S. The molecule has 1 heterocycles. The molecule has 0 aliphatic carbocycles. The number of thioether (sulfide) groups is 1. The number of amides is 1. The van der Waals surface area contributed by atoms with Crippen LogP contribution in [0.15, 0.2) is 29.4 Å². The van der Waals surface area contributed by atoms with E-state index >= 15 is 0 Å². The van der Waals surface area contributed by atoms with Crippen molar-refractivity contribution in [1.29, 1.82) is 0 Å². The molecule has 0 unspecified atom stereocenters. The molecular weight excluding hydrogens is 306 g/mol. The van der Waals surface area contributed by atoms with E-state index in [0.29, 0.717) is 29.4 Å². The Kier molecular flexibility index (Phi) is 5.90. The maximum Gasteiger partial charge on any atom is 0.337 e. The number of hydrogen-bond acceptors (Lipinski definition) is 7. The molecule has 0 aliphatic heterocycles. The summed E-state index contributed by atoms with van der Waals surface area (Å²) in [7, 11) is 1.34. The molecule has 2 rings (SSSR count). The van der Waals surface area contributed by atoms with Gasteiger partial charge in [-0.05, 0) is 28.1 Å². The average molecular weight is 321 g/mol. The Morgan fingerprint density at radius 2 is 2.09 bits per heavy atom. The van der Waals surface area contributed by atoms with Crippen LogP contribution < -0.4 is 5.32 Å². The van der Waals surface area contributed by atoms with E-state index in [2.05, 4.69) is 30.7 Å². The van der Waals surface area contributed by atoms with Crippen LogP contribution in [0.1, 0.15) is 22.3 Å². The van der Waals surface area contributed by atoms with Gasteiger partial charge in [0.05, 0.1) is 12.7 Å². The molecule has 1 amide bonds. The van der Waals surface area contributed by atoms with Crippen LogP contribution in [0.5, 0.6) is 0 Å². The molecule has 8 nitrogen and oxygen atoms in total. The second kappa shape index (κ2) is 8.13. The number of esters is 1. The van der Waals surface area contributed by atoms with E-state index in [4.69, 9.17) is 0 Å². The van der Waals surface area contributed by atoms with E-state index in [-0.39, 0.29) is 11.9 Å². The second-order valence-electron chi connectivity index (χ2n) is 4.27. The normalized spacial score (nSPS) is 10.2. The number of aromatic nitrogens is 4. The van der Waals surface area contributed by atoms with Gasteiger partial charge in [-0.1, -0.05) is 23.9 Å². The van der Waals surface area contributed by atoms with Gasteiger partial charge in [0.25, 0.3) is 0 Å². The summed E-state index contributed by atoms with van der Waals surface area (Å²) >= 11 is 1.38. The molecule has 22 heavy (non-hydrogen) atoms. The molecule has 0 radical (unpaired) electrons. The van der Waals surface area contributed by atoms with E-state index in [0.717, 1.165) is 5.56 Å². The molecule has 0 aliphatic rings. The van der Waals surface area contributed by atoms with Gasteiger partial charge < -0.3 is 10.1 Å². The van der Waals surface area contributed by atoms with Gasteiger partial charge in [0.15, 0.2) is 0 Å². The number of ether oxygens (including phenoxy) is 1. The number of nitrogens with zero attached hydrogens (tertiary/aromatic N) is 3. The molecule has 9 heteroatoms. The number of benzene rings is 1. The highest BCUT2D eigenvalue weighted by Crippen LogP contribution is 2.11. The second-order valence-corrected chi connectivity index (χ2v) is 5.35. The van der Waals surface area contributed by atoms with E-state index in [1.807, 2.05) is 0 Å². The lowest BCUT2D eigenvalue weighted by Gasteiger charge is -2.05. The van der Waals surface area contributed by atoms with Crippen molar-refractivity contribution in [2.24, 2.45) is 0 Å². The highest BCUT2D eigenvalue weighted by Gasteiger charge is 2.06. The lowest BCUT2D eigenvalue weighted by atomic mass is 10.1. The molecule has 0 atom stereocenters. The maximum absolute atomic E-state index is 11.7. The third-order valence-corrected chi connectivity index (χ3v) is 3.61. The van der Waals surface area contributed by atoms with Crippen LogP contribution in [0.2, 0.25) is 0 Å². The first-order valence-electron chi connectivity index (χ1n) is 6.49. The quantitative estimate of drug-likeness (QED) is 0.573. The molecule has 0 fully saturated rings. The molecule has 0 bridgehead atoms. The van der Waals surface area contributed by atoms with Crippen LogP contribution in [-0.4, -0.2) is 45.4 Å². The summed E-state index contributed by atoms with van der Waals surface area (Å²) < 4.78 is 4.62. The fourth-order valence-corrected chi connectivity index (χ4v) is 2.30. The Morgan fingerprint density at radius 3 is 2.73 bits per heavy atom.